The molecule has 0 spiro atoms. The van der Waals surface area contributed by atoms with Crippen molar-refractivity contribution >= 4 is 15.9 Å². The highest BCUT2D eigenvalue weighted by molar-refractivity contribution is 9.10. The van der Waals surface area contributed by atoms with Gasteiger partial charge in [0, 0.05) is 10.5 Å². The van der Waals surface area contributed by atoms with Crippen LogP contribution in [0.15, 0.2) is 28.7 Å². The average molecular weight is 311 g/mol. The molecule has 18 heavy (non-hydrogen) atoms. The summed E-state index contributed by atoms with van der Waals surface area (Å²) in [5.41, 5.74) is 4.33. The number of rotatable bonds is 3. The van der Waals surface area contributed by atoms with Crippen LogP contribution in [0, 0.1) is 17.8 Å². The molecule has 1 aromatic carbocycles. The number of hydrazine groups is 1. The molecular formula is C15H23BrN2. The van der Waals surface area contributed by atoms with Crippen LogP contribution >= 0.6 is 15.9 Å². The zero-order valence-electron chi connectivity index (χ0n) is 11.2. The summed E-state index contributed by atoms with van der Waals surface area (Å²) < 4.78 is 1.12. The molecule has 3 atom stereocenters. The van der Waals surface area contributed by atoms with Crippen molar-refractivity contribution in [1.82, 2.24) is 5.43 Å². The molecule has 3 heteroatoms. The van der Waals surface area contributed by atoms with Crippen LogP contribution in [0.4, 0.5) is 0 Å². The van der Waals surface area contributed by atoms with Gasteiger partial charge in [0.25, 0.3) is 0 Å². The quantitative estimate of drug-likeness (QED) is 0.653. The summed E-state index contributed by atoms with van der Waals surface area (Å²) in [4.78, 5) is 0. The summed E-state index contributed by atoms with van der Waals surface area (Å²) >= 11 is 3.48. The van der Waals surface area contributed by atoms with Crippen molar-refractivity contribution in [2.45, 2.75) is 39.2 Å². The molecule has 100 valence electrons. The topological polar surface area (TPSA) is 38.0 Å². The maximum absolute atomic E-state index is 5.80. The molecular weight excluding hydrogens is 288 g/mol. The van der Waals surface area contributed by atoms with Crippen LogP contribution in [0.1, 0.15) is 44.7 Å². The van der Waals surface area contributed by atoms with Crippen molar-refractivity contribution in [2.75, 3.05) is 0 Å². The number of nitrogens with two attached hydrogens (primary N) is 1. The Bertz CT molecular complexity index is 367. The van der Waals surface area contributed by atoms with E-state index >= 15 is 0 Å². The lowest BCUT2D eigenvalue weighted by atomic mass is 9.72. The second-order valence-corrected chi connectivity index (χ2v) is 6.79. The normalized spacial score (nSPS) is 30.1. The standard InChI is InChI=1S/C15H23BrN2/c1-10-7-11(2)9-13(8-10)15(18-17)12-3-5-14(16)6-4-12/h3-6,10-11,13,15,18H,7-9,17H2,1-2H3. The Morgan fingerprint density at radius 3 is 2.17 bits per heavy atom. The molecule has 1 aromatic rings. The van der Waals surface area contributed by atoms with E-state index in [1.807, 2.05) is 0 Å². The zero-order valence-corrected chi connectivity index (χ0v) is 12.8. The Labute approximate surface area is 118 Å². The van der Waals surface area contributed by atoms with E-state index in [1.165, 1.54) is 24.8 Å². The minimum absolute atomic E-state index is 0.281. The van der Waals surface area contributed by atoms with Crippen LogP contribution < -0.4 is 11.3 Å². The first kappa shape index (κ1) is 14.0. The minimum atomic E-state index is 0.281. The van der Waals surface area contributed by atoms with E-state index in [0.717, 1.165) is 16.3 Å². The summed E-state index contributed by atoms with van der Waals surface area (Å²) in [7, 11) is 0. The molecule has 0 aromatic heterocycles. The second kappa shape index (κ2) is 6.18. The largest absolute Gasteiger partial charge is 0.271 e. The van der Waals surface area contributed by atoms with Gasteiger partial charge in [-0.15, -0.1) is 0 Å². The second-order valence-electron chi connectivity index (χ2n) is 5.87. The Hall–Kier alpha value is -0.380. The van der Waals surface area contributed by atoms with Gasteiger partial charge in [0.2, 0.25) is 0 Å². The van der Waals surface area contributed by atoms with Crippen LogP contribution in [-0.2, 0) is 0 Å². The van der Waals surface area contributed by atoms with Gasteiger partial charge in [0.1, 0.15) is 0 Å². The molecule has 0 aliphatic heterocycles. The SMILES string of the molecule is CC1CC(C)CC(C(NN)c2ccc(Br)cc2)C1. The van der Waals surface area contributed by atoms with E-state index < -0.39 is 0 Å². The highest BCUT2D eigenvalue weighted by atomic mass is 79.9. The molecule has 0 radical (unpaired) electrons. The van der Waals surface area contributed by atoms with Gasteiger partial charge < -0.3 is 0 Å². The summed E-state index contributed by atoms with van der Waals surface area (Å²) in [5.74, 6) is 8.07. The van der Waals surface area contributed by atoms with Crippen molar-refractivity contribution < 1.29 is 0 Å². The average Bonchev–Trinajstić information content (AvgIpc) is 2.31. The smallest absolute Gasteiger partial charge is 0.0488 e. The van der Waals surface area contributed by atoms with Crippen LogP contribution in [0.3, 0.4) is 0 Å². The molecule has 3 unspecified atom stereocenters. The number of nitrogens with one attached hydrogen (secondary N) is 1. The van der Waals surface area contributed by atoms with Gasteiger partial charge in [-0.1, -0.05) is 41.9 Å². The number of benzene rings is 1. The van der Waals surface area contributed by atoms with Crippen LogP contribution in [0.5, 0.6) is 0 Å². The van der Waals surface area contributed by atoms with Crippen LogP contribution in [-0.4, -0.2) is 0 Å². The first-order chi connectivity index (χ1) is 8.60. The molecule has 1 aliphatic rings. The van der Waals surface area contributed by atoms with E-state index in [1.54, 1.807) is 0 Å². The predicted octanol–water partition coefficient (Wildman–Crippen LogP) is 4.03. The number of halogens is 1. The lowest BCUT2D eigenvalue weighted by Crippen LogP contribution is -2.37. The lowest BCUT2D eigenvalue weighted by Gasteiger charge is -2.36. The molecule has 1 fully saturated rings. The summed E-state index contributed by atoms with van der Waals surface area (Å²) in [6.45, 7) is 4.72. The van der Waals surface area contributed by atoms with Gasteiger partial charge in [-0.05, 0) is 54.7 Å². The number of hydrogen-bond donors (Lipinski definition) is 2. The number of hydrogen-bond acceptors (Lipinski definition) is 2. The fraction of sp³-hybridized carbons (Fsp3) is 0.600. The summed E-state index contributed by atoms with van der Waals surface area (Å²) in [6.07, 6.45) is 3.90. The monoisotopic (exact) mass is 310 g/mol. The van der Waals surface area contributed by atoms with E-state index in [0.29, 0.717) is 5.92 Å². The van der Waals surface area contributed by atoms with E-state index in [9.17, 15) is 0 Å². The van der Waals surface area contributed by atoms with Gasteiger partial charge in [0.15, 0.2) is 0 Å². The first-order valence-corrected chi connectivity index (χ1v) is 7.61. The Morgan fingerprint density at radius 1 is 1.11 bits per heavy atom. The third kappa shape index (κ3) is 3.34. The maximum atomic E-state index is 5.80. The van der Waals surface area contributed by atoms with Crippen LogP contribution in [0.2, 0.25) is 0 Å². The van der Waals surface area contributed by atoms with Crippen LogP contribution in [0.25, 0.3) is 0 Å². The van der Waals surface area contributed by atoms with Crippen molar-refractivity contribution in [1.29, 1.82) is 0 Å². The lowest BCUT2D eigenvalue weighted by molar-refractivity contribution is 0.177. The summed E-state index contributed by atoms with van der Waals surface area (Å²) in [6, 6.07) is 8.80. The van der Waals surface area contributed by atoms with Gasteiger partial charge in [-0.3, -0.25) is 11.3 Å². The highest BCUT2D eigenvalue weighted by Crippen LogP contribution is 2.39. The summed E-state index contributed by atoms with van der Waals surface area (Å²) in [5, 5.41) is 0. The molecule has 2 nitrogen and oxygen atoms in total. The van der Waals surface area contributed by atoms with Crippen molar-refractivity contribution in [2.24, 2.45) is 23.6 Å². The Morgan fingerprint density at radius 2 is 1.67 bits per heavy atom. The van der Waals surface area contributed by atoms with Gasteiger partial charge in [0.05, 0.1) is 0 Å². The zero-order chi connectivity index (χ0) is 13.1. The highest BCUT2D eigenvalue weighted by Gasteiger charge is 2.30. The third-order valence-electron chi connectivity index (χ3n) is 4.10. The predicted molar refractivity (Wildman–Crippen MR) is 79.9 cm³/mol. The van der Waals surface area contributed by atoms with Crippen molar-refractivity contribution in [3.63, 3.8) is 0 Å². The fourth-order valence-electron chi connectivity index (χ4n) is 3.46. The minimum Gasteiger partial charge on any atom is -0.271 e. The molecule has 0 heterocycles. The molecule has 1 saturated carbocycles. The molecule has 2 rings (SSSR count). The van der Waals surface area contributed by atoms with E-state index in [4.69, 9.17) is 5.84 Å². The Balaban J connectivity index is 2.14. The molecule has 0 saturated heterocycles. The van der Waals surface area contributed by atoms with E-state index in [-0.39, 0.29) is 6.04 Å². The van der Waals surface area contributed by atoms with E-state index in [2.05, 4.69) is 59.5 Å². The first-order valence-electron chi connectivity index (χ1n) is 6.81. The van der Waals surface area contributed by atoms with Crippen molar-refractivity contribution in [3.05, 3.63) is 34.3 Å². The van der Waals surface area contributed by atoms with Crippen molar-refractivity contribution in [3.8, 4) is 0 Å². The fourth-order valence-corrected chi connectivity index (χ4v) is 3.72. The molecule has 0 bridgehead atoms. The third-order valence-corrected chi connectivity index (χ3v) is 4.62. The van der Waals surface area contributed by atoms with Gasteiger partial charge in [-0.2, -0.15) is 0 Å². The van der Waals surface area contributed by atoms with Gasteiger partial charge in [-0.25, -0.2) is 0 Å². The molecule has 3 N–H and O–H groups in total. The maximum Gasteiger partial charge on any atom is 0.0488 e. The molecule has 1 aliphatic carbocycles. The Kier molecular flexibility index (Phi) is 4.82. The van der Waals surface area contributed by atoms with Gasteiger partial charge >= 0.3 is 0 Å². The molecule has 0 amide bonds.